The number of benzene rings is 2. The van der Waals surface area contributed by atoms with Gasteiger partial charge in [-0.05, 0) is 41.8 Å². The molecule has 0 saturated heterocycles. The van der Waals surface area contributed by atoms with Crippen LogP contribution in [0.1, 0.15) is 41.1 Å². The molecular weight excluding hydrogens is 400 g/mol. The zero-order valence-electron chi connectivity index (χ0n) is 16.2. The van der Waals surface area contributed by atoms with Crippen molar-refractivity contribution in [3.05, 3.63) is 82.9 Å². The van der Waals surface area contributed by atoms with E-state index in [4.69, 9.17) is 11.6 Å². The normalized spacial score (nSPS) is 26.4. The van der Waals surface area contributed by atoms with Crippen molar-refractivity contribution in [3.8, 4) is 0 Å². The Morgan fingerprint density at radius 2 is 1.97 bits per heavy atom. The van der Waals surface area contributed by atoms with Gasteiger partial charge in [0, 0.05) is 23.4 Å². The second-order valence-electron chi connectivity index (χ2n) is 7.91. The Morgan fingerprint density at radius 1 is 1.10 bits per heavy atom. The topological polar surface area (TPSA) is 76.9 Å². The van der Waals surface area contributed by atoms with Crippen LogP contribution in [0.25, 0.3) is 0 Å². The average molecular weight is 421 g/mol. The molecule has 7 heteroatoms. The summed E-state index contributed by atoms with van der Waals surface area (Å²) in [6.45, 7) is 0.741. The number of hydrogen-bond donors (Lipinski definition) is 1. The third-order valence-corrected chi connectivity index (χ3v) is 6.46. The van der Waals surface area contributed by atoms with Crippen molar-refractivity contribution in [1.82, 2.24) is 20.1 Å². The maximum atomic E-state index is 13.8. The molecule has 3 aromatic rings. The van der Waals surface area contributed by atoms with Gasteiger partial charge in [0.05, 0.1) is 5.92 Å². The number of aromatic nitrogens is 3. The zero-order chi connectivity index (χ0) is 20.7. The molecule has 0 amide bonds. The van der Waals surface area contributed by atoms with Crippen LogP contribution in [-0.2, 0) is 16.0 Å². The van der Waals surface area contributed by atoms with E-state index in [9.17, 15) is 9.59 Å². The van der Waals surface area contributed by atoms with Crippen LogP contribution in [-0.4, -0.2) is 32.9 Å². The van der Waals surface area contributed by atoms with E-state index in [1.807, 2.05) is 36.4 Å². The van der Waals surface area contributed by atoms with E-state index in [-0.39, 0.29) is 29.9 Å². The van der Waals surface area contributed by atoms with Crippen LogP contribution in [0.4, 0.5) is 0 Å². The molecule has 1 saturated carbocycles. The summed E-state index contributed by atoms with van der Waals surface area (Å²) in [7, 11) is 0. The second-order valence-corrected chi connectivity index (χ2v) is 8.35. The number of carbonyl (C=O) groups is 2. The van der Waals surface area contributed by atoms with Crippen LogP contribution in [0.15, 0.2) is 61.2 Å². The van der Waals surface area contributed by atoms with Crippen molar-refractivity contribution in [2.75, 3.05) is 6.54 Å². The minimum atomic E-state index is -0.754. The number of halogens is 1. The number of carbonyl (C=O) groups excluding carboxylic acids is 2. The molecule has 1 aliphatic heterocycles. The summed E-state index contributed by atoms with van der Waals surface area (Å²) in [4.78, 5) is 31.2. The van der Waals surface area contributed by atoms with E-state index in [1.54, 1.807) is 17.1 Å². The molecule has 0 bridgehead atoms. The van der Waals surface area contributed by atoms with Gasteiger partial charge in [0.1, 0.15) is 24.5 Å². The molecule has 0 unspecified atom stereocenters. The Kier molecular flexibility index (Phi) is 4.97. The van der Waals surface area contributed by atoms with Crippen LogP contribution >= 0.6 is 11.6 Å². The molecule has 4 atom stereocenters. The van der Waals surface area contributed by atoms with Gasteiger partial charge in [-0.1, -0.05) is 48.0 Å². The maximum absolute atomic E-state index is 13.8. The SMILES string of the molecule is O=C1C[C@H](c2cccc(Cl)c2)[C@@H](n2cncn2)C(=O)[C@@H]1[C@@H]1NCCc2ccccc21. The van der Waals surface area contributed by atoms with Crippen LogP contribution < -0.4 is 5.32 Å². The molecule has 30 heavy (non-hydrogen) atoms. The summed E-state index contributed by atoms with van der Waals surface area (Å²) in [5.41, 5.74) is 3.09. The molecular formula is C23H21ClN4O2. The summed E-state index contributed by atoms with van der Waals surface area (Å²) in [5.74, 6) is -1.26. The molecule has 152 valence electrons. The lowest BCUT2D eigenvalue weighted by Crippen LogP contribution is -2.48. The zero-order valence-corrected chi connectivity index (χ0v) is 17.0. The van der Waals surface area contributed by atoms with Gasteiger partial charge in [-0.3, -0.25) is 9.59 Å². The summed E-state index contributed by atoms with van der Waals surface area (Å²) in [6.07, 6.45) is 4.11. The van der Waals surface area contributed by atoms with Gasteiger partial charge in [0.2, 0.25) is 0 Å². The van der Waals surface area contributed by atoms with Crippen LogP contribution in [0.5, 0.6) is 0 Å². The van der Waals surface area contributed by atoms with E-state index in [0.717, 1.165) is 24.1 Å². The second kappa shape index (κ2) is 7.78. The molecule has 6 nitrogen and oxygen atoms in total. The lowest BCUT2D eigenvalue weighted by Gasteiger charge is -2.39. The quantitative estimate of drug-likeness (QED) is 0.658. The van der Waals surface area contributed by atoms with Gasteiger partial charge in [-0.25, -0.2) is 9.67 Å². The Balaban J connectivity index is 1.57. The van der Waals surface area contributed by atoms with Crippen molar-refractivity contribution in [2.24, 2.45) is 5.92 Å². The van der Waals surface area contributed by atoms with Crippen molar-refractivity contribution in [1.29, 1.82) is 0 Å². The molecule has 1 aliphatic carbocycles. The van der Waals surface area contributed by atoms with Gasteiger partial charge < -0.3 is 5.32 Å². The number of rotatable bonds is 3. The molecule has 2 heterocycles. The van der Waals surface area contributed by atoms with E-state index in [1.165, 1.54) is 11.9 Å². The molecule has 1 fully saturated rings. The molecule has 0 radical (unpaired) electrons. The predicted molar refractivity (Wildman–Crippen MR) is 112 cm³/mol. The third-order valence-electron chi connectivity index (χ3n) is 6.23. The van der Waals surface area contributed by atoms with Crippen LogP contribution in [0.2, 0.25) is 5.02 Å². The van der Waals surface area contributed by atoms with E-state index in [0.29, 0.717) is 5.02 Å². The van der Waals surface area contributed by atoms with Gasteiger partial charge in [0.25, 0.3) is 0 Å². The number of nitrogens with one attached hydrogen (secondary N) is 1. The van der Waals surface area contributed by atoms with Gasteiger partial charge in [-0.2, -0.15) is 5.10 Å². The highest BCUT2D eigenvalue weighted by molar-refractivity contribution is 6.30. The summed E-state index contributed by atoms with van der Waals surface area (Å²) in [6, 6.07) is 14.5. The van der Waals surface area contributed by atoms with E-state index >= 15 is 0 Å². The van der Waals surface area contributed by atoms with Crippen LogP contribution in [0.3, 0.4) is 0 Å². The lowest BCUT2D eigenvalue weighted by molar-refractivity contribution is -0.141. The molecule has 5 rings (SSSR count). The molecule has 0 spiro atoms. The third kappa shape index (κ3) is 3.26. The fourth-order valence-electron chi connectivity index (χ4n) is 4.89. The number of Topliss-reactive ketones (excluding diaryl/α,β-unsaturated/α-hetero) is 2. The fraction of sp³-hybridized carbons (Fsp3) is 0.304. The molecule has 1 aromatic heterocycles. The monoisotopic (exact) mass is 420 g/mol. The minimum absolute atomic E-state index is 0.0458. The van der Waals surface area contributed by atoms with Gasteiger partial charge in [0.15, 0.2) is 5.78 Å². The maximum Gasteiger partial charge on any atom is 0.170 e. The first kappa shape index (κ1) is 19.2. The summed E-state index contributed by atoms with van der Waals surface area (Å²) in [5, 5.41) is 8.26. The highest BCUT2D eigenvalue weighted by atomic mass is 35.5. The number of hydrogen-bond acceptors (Lipinski definition) is 5. The van der Waals surface area contributed by atoms with E-state index < -0.39 is 12.0 Å². The Morgan fingerprint density at radius 3 is 2.77 bits per heavy atom. The highest BCUT2D eigenvalue weighted by Gasteiger charge is 2.49. The Labute approximate surface area is 179 Å². The standard InChI is InChI=1S/C23H21ClN4O2/c24-16-6-3-5-15(10-16)18-11-19(29)20(23(30)22(18)28-13-25-12-27-28)21-17-7-2-1-4-14(17)8-9-26-21/h1-7,10,12-13,18,20-22,26H,8-9,11H2/t18-,20+,21-,22-/m1/s1. The first-order chi connectivity index (χ1) is 14.6. The molecule has 2 aromatic carbocycles. The number of nitrogens with zero attached hydrogens (tertiary/aromatic N) is 3. The average Bonchev–Trinajstić information content (AvgIpc) is 3.28. The van der Waals surface area contributed by atoms with Gasteiger partial charge >= 0.3 is 0 Å². The first-order valence-electron chi connectivity index (χ1n) is 10.1. The Bertz CT molecular complexity index is 1100. The van der Waals surface area contributed by atoms with Crippen molar-refractivity contribution in [3.63, 3.8) is 0 Å². The largest absolute Gasteiger partial charge is 0.309 e. The smallest absolute Gasteiger partial charge is 0.170 e. The number of fused-ring (bicyclic) bond motifs is 1. The van der Waals surface area contributed by atoms with Crippen LogP contribution in [0, 0.1) is 5.92 Å². The summed E-state index contributed by atoms with van der Waals surface area (Å²) < 4.78 is 1.59. The fourth-order valence-corrected chi connectivity index (χ4v) is 5.09. The van der Waals surface area contributed by atoms with Crippen molar-refractivity contribution in [2.45, 2.75) is 30.8 Å². The van der Waals surface area contributed by atoms with Crippen molar-refractivity contribution < 1.29 is 9.59 Å². The highest BCUT2D eigenvalue weighted by Crippen LogP contribution is 2.44. The molecule has 1 N–H and O–H groups in total. The predicted octanol–water partition coefficient (Wildman–Crippen LogP) is 3.30. The Hall–Kier alpha value is -2.83. The summed E-state index contributed by atoms with van der Waals surface area (Å²) >= 11 is 6.20. The van der Waals surface area contributed by atoms with E-state index in [2.05, 4.69) is 21.5 Å². The first-order valence-corrected chi connectivity index (χ1v) is 10.5. The lowest BCUT2D eigenvalue weighted by atomic mass is 9.69. The van der Waals surface area contributed by atoms with Crippen molar-refractivity contribution >= 4 is 23.2 Å². The number of ketones is 2. The minimum Gasteiger partial charge on any atom is -0.309 e. The van der Waals surface area contributed by atoms with Gasteiger partial charge in [-0.15, -0.1) is 0 Å². The molecule has 2 aliphatic rings.